The topological polar surface area (TPSA) is 66.8 Å². The van der Waals surface area contributed by atoms with Gasteiger partial charge in [0.1, 0.15) is 5.60 Å². The molecule has 2 atom stereocenters. The molecule has 0 aliphatic carbocycles. The zero-order chi connectivity index (χ0) is 19.0. The van der Waals surface area contributed by atoms with E-state index in [1.165, 1.54) is 17.0 Å². The number of rotatable bonds is 2. The Hall–Kier alpha value is -2.25. The van der Waals surface area contributed by atoms with Crippen molar-refractivity contribution in [3.63, 3.8) is 0 Å². The largest absolute Gasteiger partial charge is 0.481 e. The number of carbonyl (C=O) groups excluding carboxylic acids is 1. The summed E-state index contributed by atoms with van der Waals surface area (Å²) in [6.07, 6.45) is -5.09. The maximum atomic E-state index is 12.7. The van der Waals surface area contributed by atoms with E-state index in [1.54, 1.807) is 20.8 Å². The third kappa shape index (κ3) is 4.64. The lowest BCUT2D eigenvalue weighted by molar-refractivity contribution is -0.141. The number of amides is 1. The number of carbonyl (C=O) groups is 2. The molecule has 0 aromatic heterocycles. The van der Waals surface area contributed by atoms with Gasteiger partial charge in [-0.15, -0.1) is 0 Å². The van der Waals surface area contributed by atoms with Gasteiger partial charge in [-0.2, -0.15) is 13.2 Å². The highest BCUT2D eigenvalue weighted by Crippen LogP contribution is 2.36. The van der Waals surface area contributed by atoms with E-state index in [4.69, 9.17) is 4.74 Å². The quantitative estimate of drug-likeness (QED) is 0.874. The summed E-state index contributed by atoms with van der Waals surface area (Å²) in [5, 5.41) is 9.40. The Morgan fingerprint density at radius 1 is 1.12 bits per heavy atom. The van der Waals surface area contributed by atoms with E-state index in [2.05, 4.69) is 0 Å². The van der Waals surface area contributed by atoms with Gasteiger partial charge in [-0.3, -0.25) is 4.79 Å². The van der Waals surface area contributed by atoms with Crippen molar-refractivity contribution < 1.29 is 32.6 Å². The fourth-order valence-electron chi connectivity index (χ4n) is 2.79. The standard InChI is InChI=1S/C17H20F3NO4/c1-16(2,3)25-15(24)21-8-12(13(9-21)14(22)23)10-4-6-11(7-5-10)17(18,19)20/h4-7,12-13H,8-9H2,1-3H3,(H,22,23)/t12-,13+/m1/s1. The van der Waals surface area contributed by atoms with Crippen molar-refractivity contribution in [3.05, 3.63) is 35.4 Å². The number of carboxylic acid groups (broad SMARTS) is 1. The second kappa shape index (κ2) is 6.57. The van der Waals surface area contributed by atoms with Crippen molar-refractivity contribution >= 4 is 12.1 Å². The normalized spacial score (nSPS) is 21.3. The first-order chi connectivity index (χ1) is 11.4. The van der Waals surface area contributed by atoms with E-state index in [-0.39, 0.29) is 13.1 Å². The molecular formula is C17H20F3NO4. The number of benzene rings is 1. The summed E-state index contributed by atoms with van der Waals surface area (Å²) in [7, 11) is 0. The summed E-state index contributed by atoms with van der Waals surface area (Å²) in [6.45, 7) is 5.13. The van der Waals surface area contributed by atoms with Gasteiger partial charge in [0.15, 0.2) is 0 Å². The number of hydrogen-bond donors (Lipinski definition) is 1. The van der Waals surface area contributed by atoms with E-state index in [1.807, 2.05) is 0 Å². The summed E-state index contributed by atoms with van der Waals surface area (Å²) in [5.41, 5.74) is -1.07. The van der Waals surface area contributed by atoms with Crippen LogP contribution in [0.5, 0.6) is 0 Å². The van der Waals surface area contributed by atoms with Crippen molar-refractivity contribution in [1.82, 2.24) is 4.90 Å². The van der Waals surface area contributed by atoms with Gasteiger partial charge in [0.2, 0.25) is 0 Å². The van der Waals surface area contributed by atoms with Gasteiger partial charge in [0.25, 0.3) is 0 Å². The number of aliphatic carboxylic acids is 1. The van der Waals surface area contributed by atoms with Crippen LogP contribution in [0, 0.1) is 5.92 Å². The van der Waals surface area contributed by atoms with Crippen LogP contribution in [0.1, 0.15) is 37.8 Å². The molecule has 25 heavy (non-hydrogen) atoms. The molecule has 1 fully saturated rings. The van der Waals surface area contributed by atoms with Gasteiger partial charge in [-0.05, 0) is 38.5 Å². The molecule has 1 aromatic carbocycles. The minimum absolute atomic E-state index is 0.0457. The molecule has 1 aliphatic heterocycles. The molecule has 1 aliphatic rings. The molecule has 1 aromatic rings. The molecule has 0 radical (unpaired) electrons. The Morgan fingerprint density at radius 2 is 1.68 bits per heavy atom. The zero-order valence-corrected chi connectivity index (χ0v) is 14.1. The molecular weight excluding hydrogens is 339 g/mol. The molecule has 5 nitrogen and oxygen atoms in total. The molecule has 0 unspecified atom stereocenters. The lowest BCUT2D eigenvalue weighted by atomic mass is 9.88. The molecule has 138 valence electrons. The average Bonchev–Trinajstić information content (AvgIpc) is 2.90. The minimum Gasteiger partial charge on any atom is -0.481 e. The van der Waals surface area contributed by atoms with E-state index in [9.17, 15) is 27.9 Å². The van der Waals surface area contributed by atoms with Gasteiger partial charge < -0.3 is 14.7 Å². The van der Waals surface area contributed by atoms with Crippen molar-refractivity contribution in [2.75, 3.05) is 13.1 Å². The Bertz CT molecular complexity index is 649. The predicted molar refractivity (Wildman–Crippen MR) is 83.1 cm³/mol. The number of nitrogens with zero attached hydrogens (tertiary/aromatic N) is 1. The molecule has 1 heterocycles. The number of ether oxygens (including phenoxy) is 1. The van der Waals surface area contributed by atoms with Crippen LogP contribution in [0.15, 0.2) is 24.3 Å². The van der Waals surface area contributed by atoms with E-state index < -0.39 is 41.2 Å². The van der Waals surface area contributed by atoms with E-state index in [0.717, 1.165) is 12.1 Å². The van der Waals surface area contributed by atoms with Crippen LogP contribution in [0.25, 0.3) is 0 Å². The number of hydrogen-bond acceptors (Lipinski definition) is 3. The first-order valence-corrected chi connectivity index (χ1v) is 7.76. The SMILES string of the molecule is CC(C)(C)OC(=O)N1C[C@H](C(=O)O)[C@@H](c2ccc(C(F)(F)F)cc2)C1. The van der Waals surface area contributed by atoms with E-state index >= 15 is 0 Å². The van der Waals surface area contributed by atoms with Gasteiger partial charge in [-0.1, -0.05) is 12.1 Å². The summed E-state index contributed by atoms with van der Waals surface area (Å²) < 4.78 is 43.2. The smallest absolute Gasteiger partial charge is 0.416 e. The van der Waals surface area contributed by atoms with Crippen LogP contribution in [0.4, 0.5) is 18.0 Å². The van der Waals surface area contributed by atoms with Crippen LogP contribution in [-0.2, 0) is 15.7 Å². The van der Waals surface area contributed by atoms with Crippen LogP contribution in [-0.4, -0.2) is 40.8 Å². The summed E-state index contributed by atoms with van der Waals surface area (Å²) in [4.78, 5) is 24.9. The van der Waals surface area contributed by atoms with Gasteiger partial charge in [0, 0.05) is 19.0 Å². The van der Waals surface area contributed by atoms with Crippen LogP contribution in [0.3, 0.4) is 0 Å². The molecule has 1 amide bonds. The van der Waals surface area contributed by atoms with Crippen molar-refractivity contribution in [3.8, 4) is 0 Å². The Morgan fingerprint density at radius 3 is 2.12 bits per heavy atom. The first kappa shape index (κ1) is 19.1. The number of likely N-dealkylation sites (tertiary alicyclic amines) is 1. The Labute approximate surface area is 143 Å². The van der Waals surface area contributed by atoms with Gasteiger partial charge >= 0.3 is 18.2 Å². The van der Waals surface area contributed by atoms with Crippen LogP contribution in [0.2, 0.25) is 0 Å². The second-order valence-electron chi connectivity index (χ2n) is 7.06. The highest BCUT2D eigenvalue weighted by molar-refractivity contribution is 5.76. The number of halogens is 3. The molecule has 0 bridgehead atoms. The summed E-state index contributed by atoms with van der Waals surface area (Å²) in [5.74, 6) is -2.59. The molecule has 2 rings (SSSR count). The molecule has 0 saturated carbocycles. The lowest BCUT2D eigenvalue weighted by Crippen LogP contribution is -2.35. The minimum atomic E-state index is -4.46. The van der Waals surface area contributed by atoms with Crippen LogP contribution >= 0.6 is 0 Å². The van der Waals surface area contributed by atoms with Crippen molar-refractivity contribution in [2.24, 2.45) is 5.92 Å². The van der Waals surface area contributed by atoms with Gasteiger partial charge in [0.05, 0.1) is 11.5 Å². The molecule has 8 heteroatoms. The predicted octanol–water partition coefficient (Wildman–Crippen LogP) is 3.74. The van der Waals surface area contributed by atoms with Crippen molar-refractivity contribution in [1.29, 1.82) is 0 Å². The third-order valence-corrected chi connectivity index (χ3v) is 3.95. The monoisotopic (exact) mass is 359 g/mol. The zero-order valence-electron chi connectivity index (χ0n) is 14.1. The second-order valence-corrected chi connectivity index (χ2v) is 7.06. The highest BCUT2D eigenvalue weighted by Gasteiger charge is 2.42. The fourth-order valence-corrected chi connectivity index (χ4v) is 2.79. The molecule has 0 spiro atoms. The van der Waals surface area contributed by atoms with Crippen LogP contribution < -0.4 is 0 Å². The van der Waals surface area contributed by atoms with Gasteiger partial charge in [-0.25, -0.2) is 4.79 Å². The first-order valence-electron chi connectivity index (χ1n) is 7.76. The van der Waals surface area contributed by atoms with E-state index in [0.29, 0.717) is 5.56 Å². The lowest BCUT2D eigenvalue weighted by Gasteiger charge is -2.24. The molecule has 1 N–H and O–H groups in total. The Kier molecular flexibility index (Phi) is 5.02. The maximum absolute atomic E-state index is 12.7. The average molecular weight is 359 g/mol. The number of alkyl halides is 3. The third-order valence-electron chi connectivity index (χ3n) is 3.95. The fraction of sp³-hybridized carbons (Fsp3) is 0.529. The number of carboxylic acids is 1. The molecule has 1 saturated heterocycles. The highest BCUT2D eigenvalue weighted by atomic mass is 19.4. The van der Waals surface area contributed by atoms with Crippen molar-refractivity contribution in [2.45, 2.75) is 38.5 Å². The Balaban J connectivity index is 2.21. The maximum Gasteiger partial charge on any atom is 0.416 e. The summed E-state index contributed by atoms with van der Waals surface area (Å²) in [6, 6.07) is 4.37. The summed E-state index contributed by atoms with van der Waals surface area (Å²) >= 11 is 0.